The third-order valence-electron chi connectivity index (χ3n) is 4.17. The molecular formula is C20H19N5O3. The highest BCUT2D eigenvalue weighted by Gasteiger charge is 2.12. The first-order valence-corrected chi connectivity index (χ1v) is 8.54. The molecule has 0 spiro atoms. The summed E-state index contributed by atoms with van der Waals surface area (Å²) in [7, 11) is 0. The molecule has 1 heterocycles. The first kappa shape index (κ1) is 18.8. The summed E-state index contributed by atoms with van der Waals surface area (Å²) in [4.78, 5) is 22.5. The van der Waals surface area contributed by atoms with Crippen molar-refractivity contribution in [1.82, 2.24) is 9.99 Å². The molecule has 0 bridgehead atoms. The molecule has 28 heavy (non-hydrogen) atoms. The molecule has 0 saturated carbocycles. The Hall–Kier alpha value is -3.94. The molecule has 8 nitrogen and oxygen atoms in total. The second kappa shape index (κ2) is 8.17. The van der Waals surface area contributed by atoms with Gasteiger partial charge in [0, 0.05) is 34.8 Å². The Kier molecular flexibility index (Phi) is 5.50. The van der Waals surface area contributed by atoms with Crippen LogP contribution in [0.25, 0.3) is 5.69 Å². The number of rotatable bonds is 5. The fourth-order valence-corrected chi connectivity index (χ4v) is 2.90. The number of non-ortho nitro benzene ring substituents is 1. The van der Waals surface area contributed by atoms with Gasteiger partial charge in [-0.2, -0.15) is 5.10 Å². The maximum Gasteiger partial charge on any atom is 0.339 e. The molecule has 2 amide bonds. The lowest BCUT2D eigenvalue weighted by Crippen LogP contribution is -2.24. The first-order chi connectivity index (χ1) is 13.5. The summed E-state index contributed by atoms with van der Waals surface area (Å²) in [6.45, 7) is 3.79. The summed E-state index contributed by atoms with van der Waals surface area (Å²) in [6.07, 6.45) is 1.54. The van der Waals surface area contributed by atoms with Gasteiger partial charge in [0.15, 0.2) is 0 Å². The number of nitrogens with zero attached hydrogens (tertiary/aromatic N) is 3. The van der Waals surface area contributed by atoms with Gasteiger partial charge in [-0.3, -0.25) is 10.1 Å². The van der Waals surface area contributed by atoms with Crippen molar-refractivity contribution in [1.29, 1.82) is 0 Å². The molecule has 2 N–H and O–H groups in total. The maximum absolute atomic E-state index is 11.9. The topological polar surface area (TPSA) is 102 Å². The molecule has 0 unspecified atom stereocenters. The number of aryl methyl sites for hydroxylation is 1. The number of para-hydroxylation sites is 1. The van der Waals surface area contributed by atoms with Crippen LogP contribution in [0, 0.1) is 24.0 Å². The fraction of sp³-hybridized carbons (Fsp3) is 0.100. The van der Waals surface area contributed by atoms with Crippen molar-refractivity contribution in [2.45, 2.75) is 13.8 Å². The predicted molar refractivity (Wildman–Crippen MR) is 108 cm³/mol. The smallest absolute Gasteiger partial charge is 0.318 e. The SMILES string of the molecule is Cc1cc(/C=N/NC(=O)Nc2ccccc2)c(C)n1-c1cccc([N+](=O)[O-])c1. The predicted octanol–water partition coefficient (Wildman–Crippen LogP) is 4.16. The van der Waals surface area contributed by atoms with E-state index in [1.54, 1.807) is 30.5 Å². The van der Waals surface area contributed by atoms with E-state index in [1.807, 2.05) is 42.7 Å². The van der Waals surface area contributed by atoms with Crippen LogP contribution in [-0.2, 0) is 0 Å². The van der Waals surface area contributed by atoms with E-state index >= 15 is 0 Å². The number of nitro groups is 1. The van der Waals surface area contributed by atoms with E-state index in [0.29, 0.717) is 11.4 Å². The van der Waals surface area contributed by atoms with Gasteiger partial charge < -0.3 is 9.88 Å². The number of aromatic nitrogens is 1. The maximum atomic E-state index is 11.9. The second-order valence-electron chi connectivity index (χ2n) is 6.13. The van der Waals surface area contributed by atoms with Crippen LogP contribution in [0.15, 0.2) is 65.8 Å². The van der Waals surface area contributed by atoms with Crippen molar-refractivity contribution in [2.75, 3.05) is 5.32 Å². The van der Waals surface area contributed by atoms with Gasteiger partial charge in [-0.05, 0) is 38.1 Å². The van der Waals surface area contributed by atoms with Crippen LogP contribution in [0.1, 0.15) is 17.0 Å². The van der Waals surface area contributed by atoms with Gasteiger partial charge in [0.1, 0.15) is 0 Å². The molecular weight excluding hydrogens is 358 g/mol. The molecule has 2 aromatic carbocycles. The molecule has 0 aliphatic rings. The van der Waals surface area contributed by atoms with Crippen LogP contribution in [0.4, 0.5) is 16.2 Å². The summed E-state index contributed by atoms with van der Waals surface area (Å²) in [5.74, 6) is 0. The van der Waals surface area contributed by atoms with Gasteiger partial charge >= 0.3 is 6.03 Å². The minimum Gasteiger partial charge on any atom is -0.318 e. The zero-order valence-corrected chi connectivity index (χ0v) is 15.4. The largest absolute Gasteiger partial charge is 0.339 e. The normalized spacial score (nSPS) is 10.8. The lowest BCUT2D eigenvalue weighted by Gasteiger charge is -2.09. The van der Waals surface area contributed by atoms with Crippen LogP contribution < -0.4 is 10.7 Å². The third-order valence-corrected chi connectivity index (χ3v) is 4.17. The Morgan fingerprint density at radius 2 is 1.86 bits per heavy atom. The fourth-order valence-electron chi connectivity index (χ4n) is 2.90. The van der Waals surface area contributed by atoms with Gasteiger partial charge in [0.2, 0.25) is 0 Å². The number of nitro benzene ring substituents is 1. The van der Waals surface area contributed by atoms with Crippen molar-refractivity contribution in [3.63, 3.8) is 0 Å². The standard InChI is InChI=1S/C20H19N5O3/c1-14-11-16(13-21-23-20(26)22-17-7-4-3-5-8-17)15(2)24(14)18-9-6-10-19(12-18)25(27)28/h3-13H,1-2H3,(H2,22,23,26)/b21-13+. The summed E-state index contributed by atoms with van der Waals surface area (Å²) >= 11 is 0. The van der Waals surface area contributed by atoms with E-state index in [1.165, 1.54) is 12.1 Å². The minimum absolute atomic E-state index is 0.0273. The molecule has 0 saturated heterocycles. The zero-order valence-electron chi connectivity index (χ0n) is 15.4. The Balaban J connectivity index is 1.75. The molecule has 0 aliphatic carbocycles. The lowest BCUT2D eigenvalue weighted by atomic mass is 10.2. The van der Waals surface area contributed by atoms with E-state index in [0.717, 1.165) is 17.0 Å². The van der Waals surface area contributed by atoms with Crippen LogP contribution >= 0.6 is 0 Å². The molecule has 0 fully saturated rings. The Morgan fingerprint density at radius 3 is 2.57 bits per heavy atom. The highest BCUT2D eigenvalue weighted by molar-refractivity contribution is 5.90. The molecule has 3 rings (SSSR count). The monoisotopic (exact) mass is 377 g/mol. The van der Waals surface area contributed by atoms with Crippen molar-refractivity contribution >= 4 is 23.6 Å². The number of carbonyl (C=O) groups excluding carboxylic acids is 1. The van der Waals surface area contributed by atoms with Crippen molar-refractivity contribution in [2.24, 2.45) is 5.10 Å². The highest BCUT2D eigenvalue weighted by atomic mass is 16.6. The van der Waals surface area contributed by atoms with Gasteiger partial charge in [0.25, 0.3) is 5.69 Å². The number of urea groups is 1. The minimum atomic E-state index is -0.449. The van der Waals surface area contributed by atoms with Gasteiger partial charge in [-0.1, -0.05) is 24.3 Å². The number of hydrogen-bond acceptors (Lipinski definition) is 4. The van der Waals surface area contributed by atoms with E-state index in [9.17, 15) is 14.9 Å². The first-order valence-electron chi connectivity index (χ1n) is 8.54. The number of nitrogens with one attached hydrogen (secondary N) is 2. The van der Waals surface area contributed by atoms with Crippen molar-refractivity contribution < 1.29 is 9.72 Å². The van der Waals surface area contributed by atoms with Crippen molar-refractivity contribution in [3.05, 3.63) is 87.7 Å². The second-order valence-corrected chi connectivity index (χ2v) is 6.13. The third kappa shape index (κ3) is 4.24. The number of hydrogen-bond donors (Lipinski definition) is 2. The number of benzene rings is 2. The van der Waals surface area contributed by atoms with E-state index in [-0.39, 0.29) is 5.69 Å². The molecule has 0 radical (unpaired) electrons. The van der Waals surface area contributed by atoms with Crippen molar-refractivity contribution in [3.8, 4) is 5.69 Å². The molecule has 8 heteroatoms. The van der Waals surface area contributed by atoms with E-state index in [4.69, 9.17) is 0 Å². The quantitative estimate of drug-likeness (QED) is 0.396. The zero-order chi connectivity index (χ0) is 20.1. The number of hydrazone groups is 1. The average Bonchev–Trinajstić information content (AvgIpc) is 2.96. The molecule has 142 valence electrons. The number of amides is 2. The van der Waals surface area contributed by atoms with Gasteiger partial charge in [0.05, 0.1) is 16.8 Å². The summed E-state index contributed by atoms with van der Waals surface area (Å²) in [6, 6.07) is 16.9. The number of carbonyl (C=O) groups is 1. The Bertz CT molecular complexity index is 1040. The highest BCUT2D eigenvalue weighted by Crippen LogP contribution is 2.23. The summed E-state index contributed by atoms with van der Waals surface area (Å²) in [5, 5.41) is 17.7. The van der Waals surface area contributed by atoms with Gasteiger partial charge in [-0.25, -0.2) is 10.2 Å². The molecule has 0 atom stereocenters. The summed E-state index contributed by atoms with van der Waals surface area (Å²) in [5.41, 5.74) is 6.35. The molecule has 1 aromatic heterocycles. The van der Waals surface area contributed by atoms with Crippen LogP contribution in [0.5, 0.6) is 0 Å². The molecule has 3 aromatic rings. The Morgan fingerprint density at radius 1 is 1.11 bits per heavy atom. The average molecular weight is 377 g/mol. The van der Waals surface area contributed by atoms with E-state index in [2.05, 4.69) is 15.8 Å². The van der Waals surface area contributed by atoms with Crippen LogP contribution in [0.2, 0.25) is 0 Å². The van der Waals surface area contributed by atoms with Crippen LogP contribution in [0.3, 0.4) is 0 Å². The summed E-state index contributed by atoms with van der Waals surface area (Å²) < 4.78 is 1.90. The lowest BCUT2D eigenvalue weighted by molar-refractivity contribution is -0.384. The molecule has 0 aliphatic heterocycles. The van der Waals surface area contributed by atoms with E-state index < -0.39 is 11.0 Å². The number of anilines is 1. The van der Waals surface area contributed by atoms with Crippen LogP contribution in [-0.4, -0.2) is 21.7 Å². The Labute approximate surface area is 161 Å². The van der Waals surface area contributed by atoms with Gasteiger partial charge in [-0.15, -0.1) is 0 Å².